The van der Waals surface area contributed by atoms with Crippen LogP contribution in [0.15, 0.2) is 219 Å². The summed E-state index contributed by atoms with van der Waals surface area (Å²) in [5.41, 5.74) is 14.1. The fourth-order valence-corrected chi connectivity index (χ4v) is 10.9. The standard InChI is InChI=1S/C60H36N6/c61-36-38-17-7-8-22-41(38)50-35-56(66-54-30-16-12-26-45(54)49-34-32-47-43-24-10-14-28-52(43)64(58(47)60(49)66)40-20-5-2-6-21-40)62-37-55(50)65-53-29-15-11-25-44(53)48-33-31-46-42-23-9-13-27-51(42)63(57(46)59(48)65)39-18-3-1-4-19-39/h1-35,37H. The highest BCUT2D eigenvalue weighted by Gasteiger charge is 2.26. The van der Waals surface area contributed by atoms with E-state index in [1.165, 1.54) is 16.2 Å². The van der Waals surface area contributed by atoms with Gasteiger partial charge in [-0.2, -0.15) is 5.26 Å². The van der Waals surface area contributed by atoms with E-state index in [9.17, 15) is 5.26 Å². The summed E-state index contributed by atoms with van der Waals surface area (Å²) in [6, 6.07) is 77.8. The van der Waals surface area contributed by atoms with Crippen molar-refractivity contribution in [3.63, 3.8) is 0 Å². The number of pyridine rings is 1. The molecule has 9 aromatic carbocycles. The Bertz CT molecular complexity index is 4350. The summed E-state index contributed by atoms with van der Waals surface area (Å²) in [6.45, 7) is 0. The molecule has 14 rings (SSSR count). The maximum absolute atomic E-state index is 10.8. The van der Waals surface area contributed by atoms with Gasteiger partial charge in [0.15, 0.2) is 0 Å². The van der Waals surface area contributed by atoms with Crippen LogP contribution in [-0.4, -0.2) is 23.3 Å². The average molecular weight is 841 g/mol. The minimum atomic E-state index is 0.592. The lowest BCUT2D eigenvalue weighted by molar-refractivity contribution is 1.05. The van der Waals surface area contributed by atoms with Crippen molar-refractivity contribution in [2.24, 2.45) is 0 Å². The second-order valence-corrected chi connectivity index (χ2v) is 17.0. The number of benzene rings is 9. The van der Waals surface area contributed by atoms with E-state index in [2.05, 4.69) is 218 Å². The van der Waals surface area contributed by atoms with Crippen LogP contribution in [0.1, 0.15) is 5.56 Å². The second kappa shape index (κ2) is 13.9. The molecule has 0 amide bonds. The van der Waals surface area contributed by atoms with Crippen LogP contribution < -0.4 is 0 Å². The molecule has 0 aliphatic heterocycles. The number of hydrogen-bond acceptors (Lipinski definition) is 2. The van der Waals surface area contributed by atoms with Crippen LogP contribution >= 0.6 is 0 Å². The maximum atomic E-state index is 10.8. The van der Waals surface area contributed by atoms with E-state index in [1.54, 1.807) is 0 Å². The number of hydrogen-bond donors (Lipinski definition) is 0. The second-order valence-electron chi connectivity index (χ2n) is 17.0. The van der Waals surface area contributed by atoms with Crippen LogP contribution in [0.2, 0.25) is 0 Å². The molecule has 0 radical (unpaired) electrons. The van der Waals surface area contributed by atoms with Gasteiger partial charge in [0.05, 0.1) is 67.7 Å². The molecule has 66 heavy (non-hydrogen) atoms. The van der Waals surface area contributed by atoms with Crippen LogP contribution in [0.4, 0.5) is 0 Å². The number of fused-ring (bicyclic) bond motifs is 14. The summed E-state index contributed by atoms with van der Waals surface area (Å²) >= 11 is 0. The van der Waals surface area contributed by atoms with Crippen molar-refractivity contribution in [2.45, 2.75) is 0 Å². The van der Waals surface area contributed by atoms with E-state index < -0.39 is 0 Å². The van der Waals surface area contributed by atoms with E-state index in [4.69, 9.17) is 4.98 Å². The fraction of sp³-hybridized carbons (Fsp3) is 0. The number of rotatable bonds is 5. The molecule has 0 aliphatic rings. The molecule has 14 aromatic rings. The first-order valence-electron chi connectivity index (χ1n) is 22.3. The molecule has 0 saturated heterocycles. The molecular formula is C60H36N6. The minimum absolute atomic E-state index is 0.592. The van der Waals surface area contributed by atoms with Gasteiger partial charge in [0.2, 0.25) is 0 Å². The van der Waals surface area contributed by atoms with Crippen LogP contribution in [0, 0.1) is 11.3 Å². The maximum Gasteiger partial charge on any atom is 0.138 e. The molecule has 6 heteroatoms. The minimum Gasteiger partial charge on any atom is -0.307 e. The Hall–Kier alpha value is -9.18. The van der Waals surface area contributed by atoms with Crippen molar-refractivity contribution in [1.82, 2.24) is 23.3 Å². The van der Waals surface area contributed by atoms with Gasteiger partial charge in [-0.05, 0) is 60.7 Å². The molecule has 0 aliphatic carbocycles. The first-order chi connectivity index (χ1) is 32.8. The van der Waals surface area contributed by atoms with Crippen LogP contribution in [0.5, 0.6) is 0 Å². The van der Waals surface area contributed by atoms with Crippen LogP contribution in [0.3, 0.4) is 0 Å². The fourth-order valence-electron chi connectivity index (χ4n) is 10.9. The average Bonchev–Trinajstić information content (AvgIpc) is 4.12. The quantitative estimate of drug-likeness (QED) is 0.173. The Balaban J connectivity index is 1.15. The zero-order chi connectivity index (χ0) is 43.5. The third-order valence-electron chi connectivity index (χ3n) is 13.6. The molecule has 6 nitrogen and oxygen atoms in total. The monoisotopic (exact) mass is 840 g/mol. The topological polar surface area (TPSA) is 56.4 Å². The highest BCUT2D eigenvalue weighted by Crippen LogP contribution is 2.45. The molecule has 0 N–H and O–H groups in total. The van der Waals surface area contributed by atoms with Gasteiger partial charge in [-0.15, -0.1) is 0 Å². The van der Waals surface area contributed by atoms with Gasteiger partial charge in [0, 0.05) is 65.6 Å². The van der Waals surface area contributed by atoms with E-state index >= 15 is 0 Å². The van der Waals surface area contributed by atoms with Gasteiger partial charge in [-0.25, -0.2) is 4.98 Å². The molecule has 5 heterocycles. The van der Waals surface area contributed by atoms with E-state index in [1.807, 2.05) is 24.4 Å². The predicted octanol–water partition coefficient (Wildman–Crippen LogP) is 15.0. The predicted molar refractivity (Wildman–Crippen MR) is 272 cm³/mol. The van der Waals surface area contributed by atoms with Gasteiger partial charge in [0.25, 0.3) is 0 Å². The number of aromatic nitrogens is 5. The summed E-state index contributed by atoms with van der Waals surface area (Å²) in [4.78, 5) is 5.54. The molecule has 0 atom stereocenters. The van der Waals surface area contributed by atoms with Crippen molar-refractivity contribution in [1.29, 1.82) is 5.26 Å². The number of nitriles is 1. The summed E-state index contributed by atoms with van der Waals surface area (Å²) in [5.74, 6) is 0.759. The van der Waals surface area contributed by atoms with Crippen molar-refractivity contribution in [3.05, 3.63) is 224 Å². The molecule has 0 fully saturated rings. The third kappa shape index (κ3) is 4.97. The Morgan fingerprint density at radius 1 is 0.333 bits per heavy atom. The third-order valence-corrected chi connectivity index (χ3v) is 13.6. The van der Waals surface area contributed by atoms with E-state index in [-0.39, 0.29) is 0 Å². The van der Waals surface area contributed by atoms with E-state index in [0.29, 0.717) is 5.56 Å². The largest absolute Gasteiger partial charge is 0.307 e. The van der Waals surface area contributed by atoms with Crippen molar-refractivity contribution >= 4 is 87.2 Å². The van der Waals surface area contributed by atoms with E-state index in [0.717, 1.165) is 105 Å². The Morgan fingerprint density at radius 3 is 1.20 bits per heavy atom. The number of para-hydroxylation sites is 6. The SMILES string of the molecule is N#Cc1ccccc1-c1cc(-n2c3ccccc3c3ccc4c5ccccc5n(-c5ccccc5)c4c32)ncc1-n1c2ccccc2c2ccc3c4ccccc4n(-c4ccccc4)c3c21. The number of nitrogens with zero attached hydrogens (tertiary/aromatic N) is 6. The van der Waals surface area contributed by atoms with Gasteiger partial charge >= 0.3 is 0 Å². The van der Waals surface area contributed by atoms with Crippen LogP contribution in [0.25, 0.3) is 121 Å². The summed E-state index contributed by atoms with van der Waals surface area (Å²) in [5, 5.41) is 20.1. The summed E-state index contributed by atoms with van der Waals surface area (Å²) in [6.07, 6.45) is 2.03. The highest BCUT2D eigenvalue weighted by atomic mass is 15.1. The molecule has 0 spiro atoms. The molecule has 0 unspecified atom stereocenters. The van der Waals surface area contributed by atoms with Gasteiger partial charge in [-0.1, -0.05) is 152 Å². The zero-order valence-corrected chi connectivity index (χ0v) is 35.5. The van der Waals surface area contributed by atoms with Gasteiger partial charge < -0.3 is 13.7 Å². The van der Waals surface area contributed by atoms with Crippen molar-refractivity contribution < 1.29 is 0 Å². The highest BCUT2D eigenvalue weighted by molar-refractivity contribution is 6.25. The van der Waals surface area contributed by atoms with Crippen molar-refractivity contribution in [3.8, 4) is 40.1 Å². The molecule has 0 bridgehead atoms. The molecule has 306 valence electrons. The normalized spacial score (nSPS) is 11.9. The first-order valence-corrected chi connectivity index (χ1v) is 22.3. The first kappa shape index (κ1) is 36.3. The lowest BCUT2D eigenvalue weighted by Gasteiger charge is -2.18. The Labute approximate surface area is 378 Å². The molecular weight excluding hydrogens is 805 g/mol. The van der Waals surface area contributed by atoms with Crippen molar-refractivity contribution in [2.75, 3.05) is 0 Å². The summed E-state index contributed by atoms with van der Waals surface area (Å²) in [7, 11) is 0. The van der Waals surface area contributed by atoms with Gasteiger partial charge in [-0.3, -0.25) is 4.57 Å². The molecule has 0 saturated carbocycles. The Morgan fingerprint density at radius 2 is 0.712 bits per heavy atom. The summed E-state index contributed by atoms with van der Waals surface area (Å²) < 4.78 is 9.54. The Kier molecular flexibility index (Phi) is 7.65. The van der Waals surface area contributed by atoms with Gasteiger partial charge in [0.1, 0.15) is 5.82 Å². The lowest BCUT2D eigenvalue weighted by Crippen LogP contribution is -2.05. The van der Waals surface area contributed by atoms with Crippen LogP contribution in [-0.2, 0) is 0 Å². The zero-order valence-electron chi connectivity index (χ0n) is 35.5. The smallest absolute Gasteiger partial charge is 0.138 e. The molecule has 5 aromatic heterocycles. The lowest BCUT2D eigenvalue weighted by atomic mass is 9.99.